The van der Waals surface area contributed by atoms with Crippen LogP contribution in [0.4, 0.5) is 0 Å². The maximum atomic E-state index is 11.8. The van der Waals surface area contributed by atoms with E-state index in [1.807, 2.05) is 30.5 Å². The molecule has 1 aromatic carbocycles. The molecule has 1 amide bonds. The van der Waals surface area contributed by atoms with Crippen LogP contribution in [0.1, 0.15) is 25.3 Å². The highest BCUT2D eigenvalue weighted by molar-refractivity contribution is 5.85. The molecule has 1 heterocycles. The molecule has 1 aromatic heterocycles. The largest absolute Gasteiger partial charge is 0.480 e. The second-order valence-corrected chi connectivity index (χ2v) is 4.73. The van der Waals surface area contributed by atoms with Gasteiger partial charge < -0.3 is 15.4 Å². The molecule has 0 saturated heterocycles. The third-order valence-electron chi connectivity index (χ3n) is 3.34. The molecule has 106 valence electrons. The van der Waals surface area contributed by atoms with Gasteiger partial charge >= 0.3 is 5.97 Å². The number of hydrogen-bond donors (Lipinski definition) is 3. The fourth-order valence-electron chi connectivity index (χ4n) is 2.19. The number of carboxylic acids is 1. The van der Waals surface area contributed by atoms with Crippen LogP contribution in [0, 0.1) is 0 Å². The number of para-hydroxylation sites is 1. The van der Waals surface area contributed by atoms with Crippen molar-refractivity contribution < 1.29 is 14.7 Å². The zero-order valence-electron chi connectivity index (χ0n) is 11.3. The second kappa shape index (κ2) is 6.23. The van der Waals surface area contributed by atoms with Gasteiger partial charge in [0.15, 0.2) is 0 Å². The first-order chi connectivity index (χ1) is 9.61. The van der Waals surface area contributed by atoms with E-state index in [-0.39, 0.29) is 12.3 Å². The lowest BCUT2D eigenvalue weighted by molar-refractivity contribution is -0.141. The topological polar surface area (TPSA) is 82.2 Å². The van der Waals surface area contributed by atoms with Gasteiger partial charge in [-0.3, -0.25) is 4.79 Å². The van der Waals surface area contributed by atoms with Crippen molar-refractivity contribution in [1.82, 2.24) is 10.3 Å². The Morgan fingerprint density at radius 2 is 2.10 bits per heavy atom. The Labute approximate surface area is 117 Å². The van der Waals surface area contributed by atoms with Crippen molar-refractivity contribution in [1.29, 1.82) is 0 Å². The lowest BCUT2D eigenvalue weighted by atomic mass is 10.1. The standard InChI is InChI=1S/C15H18N2O3/c1-2-12(15(19)20)17-14(18)8-7-10-9-16-13-6-4-3-5-11(10)13/h3-6,9,12,16H,2,7-8H2,1H3,(H,17,18)(H,19,20)/t12-/m1/s1. The Hall–Kier alpha value is -2.30. The van der Waals surface area contributed by atoms with E-state index in [4.69, 9.17) is 5.11 Å². The first-order valence-corrected chi connectivity index (χ1v) is 6.69. The normalized spacial score (nSPS) is 12.2. The smallest absolute Gasteiger partial charge is 0.326 e. The van der Waals surface area contributed by atoms with E-state index < -0.39 is 12.0 Å². The Balaban J connectivity index is 1.95. The second-order valence-electron chi connectivity index (χ2n) is 4.73. The molecule has 0 radical (unpaired) electrons. The van der Waals surface area contributed by atoms with Gasteiger partial charge in [0, 0.05) is 23.5 Å². The Morgan fingerprint density at radius 1 is 1.35 bits per heavy atom. The molecule has 20 heavy (non-hydrogen) atoms. The van der Waals surface area contributed by atoms with Crippen molar-refractivity contribution >= 4 is 22.8 Å². The molecular formula is C15H18N2O3. The van der Waals surface area contributed by atoms with Gasteiger partial charge in [-0.25, -0.2) is 4.79 Å². The molecule has 0 spiro atoms. The summed E-state index contributed by atoms with van der Waals surface area (Å²) in [5, 5.41) is 12.5. The number of H-pyrrole nitrogens is 1. The van der Waals surface area contributed by atoms with E-state index in [1.165, 1.54) is 0 Å². The maximum absolute atomic E-state index is 11.8. The molecule has 0 fully saturated rings. The molecule has 0 saturated carbocycles. The highest BCUT2D eigenvalue weighted by Crippen LogP contribution is 2.18. The van der Waals surface area contributed by atoms with Crippen LogP contribution in [0.15, 0.2) is 30.5 Å². The molecule has 0 aliphatic rings. The third-order valence-corrected chi connectivity index (χ3v) is 3.34. The predicted molar refractivity (Wildman–Crippen MR) is 76.5 cm³/mol. The zero-order chi connectivity index (χ0) is 14.5. The Bertz CT molecular complexity index is 618. The minimum absolute atomic E-state index is 0.232. The number of aromatic nitrogens is 1. The molecule has 1 atom stereocenters. The first kappa shape index (κ1) is 14.1. The lowest BCUT2D eigenvalue weighted by Crippen LogP contribution is -2.40. The summed E-state index contributed by atoms with van der Waals surface area (Å²) in [7, 11) is 0. The Morgan fingerprint density at radius 3 is 2.80 bits per heavy atom. The number of carbonyl (C=O) groups is 2. The molecule has 0 aliphatic carbocycles. The van der Waals surface area contributed by atoms with Crippen LogP contribution in [0.25, 0.3) is 10.9 Å². The van der Waals surface area contributed by atoms with Gasteiger partial charge in [-0.15, -0.1) is 0 Å². The van der Waals surface area contributed by atoms with E-state index in [2.05, 4.69) is 10.3 Å². The summed E-state index contributed by atoms with van der Waals surface area (Å²) in [5.41, 5.74) is 2.11. The number of carboxylic acid groups (broad SMARTS) is 1. The minimum atomic E-state index is -0.993. The quantitative estimate of drug-likeness (QED) is 0.754. The number of amides is 1. The number of aliphatic carboxylic acids is 1. The van der Waals surface area contributed by atoms with E-state index in [0.29, 0.717) is 12.8 Å². The van der Waals surface area contributed by atoms with E-state index in [1.54, 1.807) is 6.92 Å². The van der Waals surface area contributed by atoms with Gasteiger partial charge in [0.1, 0.15) is 6.04 Å². The van der Waals surface area contributed by atoms with Crippen LogP contribution in [0.5, 0.6) is 0 Å². The van der Waals surface area contributed by atoms with Crippen LogP contribution in [-0.4, -0.2) is 28.0 Å². The number of nitrogens with one attached hydrogen (secondary N) is 2. The summed E-state index contributed by atoms with van der Waals surface area (Å²) < 4.78 is 0. The molecular weight excluding hydrogens is 256 g/mol. The zero-order valence-corrected chi connectivity index (χ0v) is 11.3. The molecule has 5 heteroatoms. The van der Waals surface area contributed by atoms with Crippen LogP contribution in [0.3, 0.4) is 0 Å². The summed E-state index contributed by atoms with van der Waals surface area (Å²) in [6, 6.07) is 7.10. The molecule has 0 unspecified atom stereocenters. The van der Waals surface area contributed by atoms with Crippen molar-refractivity contribution in [3.63, 3.8) is 0 Å². The van der Waals surface area contributed by atoms with Crippen molar-refractivity contribution in [3.8, 4) is 0 Å². The summed E-state index contributed by atoms with van der Waals surface area (Å²) in [6.07, 6.45) is 3.15. The van der Waals surface area contributed by atoms with Gasteiger partial charge in [-0.2, -0.15) is 0 Å². The number of aryl methyl sites for hydroxylation is 1. The van der Waals surface area contributed by atoms with Crippen LogP contribution in [0.2, 0.25) is 0 Å². The summed E-state index contributed by atoms with van der Waals surface area (Å²) in [5.74, 6) is -1.22. The van der Waals surface area contributed by atoms with E-state index >= 15 is 0 Å². The monoisotopic (exact) mass is 274 g/mol. The average molecular weight is 274 g/mol. The average Bonchev–Trinajstić information content (AvgIpc) is 2.85. The fourth-order valence-corrected chi connectivity index (χ4v) is 2.19. The molecule has 3 N–H and O–H groups in total. The van der Waals surface area contributed by atoms with Crippen molar-refractivity contribution in [2.24, 2.45) is 0 Å². The number of aromatic amines is 1. The van der Waals surface area contributed by atoms with Gasteiger partial charge in [0.25, 0.3) is 0 Å². The molecule has 2 rings (SSSR count). The van der Waals surface area contributed by atoms with E-state index in [0.717, 1.165) is 16.5 Å². The molecule has 5 nitrogen and oxygen atoms in total. The van der Waals surface area contributed by atoms with Gasteiger partial charge in [0.2, 0.25) is 5.91 Å². The van der Waals surface area contributed by atoms with Gasteiger partial charge in [0.05, 0.1) is 0 Å². The van der Waals surface area contributed by atoms with Crippen LogP contribution in [-0.2, 0) is 16.0 Å². The summed E-state index contributed by atoms with van der Waals surface area (Å²) in [4.78, 5) is 25.8. The lowest BCUT2D eigenvalue weighted by Gasteiger charge is -2.11. The third kappa shape index (κ3) is 3.17. The highest BCUT2D eigenvalue weighted by Gasteiger charge is 2.17. The van der Waals surface area contributed by atoms with Crippen LogP contribution < -0.4 is 5.32 Å². The number of rotatable bonds is 6. The van der Waals surface area contributed by atoms with Crippen molar-refractivity contribution in [2.45, 2.75) is 32.2 Å². The van der Waals surface area contributed by atoms with Crippen molar-refractivity contribution in [3.05, 3.63) is 36.0 Å². The number of fused-ring (bicyclic) bond motifs is 1. The Kier molecular flexibility index (Phi) is 4.40. The minimum Gasteiger partial charge on any atom is -0.480 e. The summed E-state index contributed by atoms with van der Waals surface area (Å²) >= 11 is 0. The van der Waals surface area contributed by atoms with Crippen molar-refractivity contribution in [2.75, 3.05) is 0 Å². The number of benzene rings is 1. The molecule has 0 aliphatic heterocycles. The van der Waals surface area contributed by atoms with Gasteiger partial charge in [-0.05, 0) is 24.5 Å². The number of hydrogen-bond acceptors (Lipinski definition) is 2. The summed E-state index contributed by atoms with van der Waals surface area (Å²) in [6.45, 7) is 1.73. The molecule has 0 bridgehead atoms. The van der Waals surface area contributed by atoms with Crippen LogP contribution >= 0.6 is 0 Å². The fraction of sp³-hybridized carbons (Fsp3) is 0.333. The molecule has 2 aromatic rings. The maximum Gasteiger partial charge on any atom is 0.326 e. The van der Waals surface area contributed by atoms with Gasteiger partial charge in [-0.1, -0.05) is 25.1 Å². The SMILES string of the molecule is CC[C@@H](NC(=O)CCc1c[nH]c2ccccc12)C(=O)O. The number of carbonyl (C=O) groups excluding carboxylic acids is 1. The first-order valence-electron chi connectivity index (χ1n) is 6.69. The van der Waals surface area contributed by atoms with E-state index in [9.17, 15) is 9.59 Å². The predicted octanol–water partition coefficient (Wildman–Crippen LogP) is 2.08. The highest BCUT2D eigenvalue weighted by atomic mass is 16.4.